The minimum atomic E-state index is -0.831. The minimum Gasteiger partial charge on any atom is -0.464 e. The van der Waals surface area contributed by atoms with Gasteiger partial charge < -0.3 is 14.6 Å². The third-order valence-corrected chi connectivity index (χ3v) is 1.08. The monoisotopic (exact) mass is 312 g/mol. The fourth-order valence-electron chi connectivity index (χ4n) is 0.508. The standard InChI is InChI=1S/C5H11NO3.C4H8O3.C2H5NO2/c1-5(2,3)9-4(7)6-8;1-2-7-4(6)3-5;1-2(4)3-5/h8H,1-3H3,(H,6,7);5H,2-3H2,1H3;5H,1H3,(H,3,4). The van der Waals surface area contributed by atoms with Crippen LogP contribution >= 0.6 is 0 Å². The minimum absolute atomic E-state index is 0.333. The van der Waals surface area contributed by atoms with E-state index >= 15 is 0 Å². The molecule has 0 radical (unpaired) electrons. The zero-order chi connectivity index (χ0) is 17.5. The predicted octanol–water partition coefficient (Wildman–Crippen LogP) is -0.0462. The van der Waals surface area contributed by atoms with Crippen molar-refractivity contribution in [3.8, 4) is 0 Å². The summed E-state index contributed by atoms with van der Waals surface area (Å²) in [6.07, 6.45) is -0.831. The van der Waals surface area contributed by atoms with Crippen molar-refractivity contribution < 1.29 is 39.4 Å². The van der Waals surface area contributed by atoms with E-state index in [-0.39, 0.29) is 0 Å². The molecule has 0 saturated heterocycles. The molecule has 0 saturated carbocycles. The maximum Gasteiger partial charge on any atom is 0.431 e. The van der Waals surface area contributed by atoms with E-state index in [1.165, 1.54) is 17.9 Å². The molecule has 0 rings (SSSR count). The van der Waals surface area contributed by atoms with Crippen LogP contribution in [0.15, 0.2) is 0 Å². The van der Waals surface area contributed by atoms with Gasteiger partial charge in [-0.3, -0.25) is 15.2 Å². The molecule has 0 aromatic rings. The Kier molecular flexibility index (Phi) is 16.7. The first-order valence-corrected chi connectivity index (χ1v) is 5.84. The molecule has 0 aliphatic heterocycles. The number of nitrogens with one attached hydrogen (secondary N) is 2. The molecule has 10 heteroatoms. The number of hydrogen-bond acceptors (Lipinski definition) is 8. The van der Waals surface area contributed by atoms with Gasteiger partial charge in [-0.05, 0) is 27.7 Å². The highest BCUT2D eigenvalue weighted by molar-refractivity contribution is 5.71. The van der Waals surface area contributed by atoms with Gasteiger partial charge in [-0.15, -0.1) is 0 Å². The molecule has 0 spiro atoms. The van der Waals surface area contributed by atoms with Crippen molar-refractivity contribution in [1.82, 2.24) is 11.0 Å². The first kappa shape index (κ1) is 24.1. The number of carbonyl (C=O) groups is 3. The molecular formula is C11H24N2O8. The van der Waals surface area contributed by atoms with Crippen LogP contribution in [0.2, 0.25) is 0 Å². The fourth-order valence-corrected chi connectivity index (χ4v) is 0.508. The molecular weight excluding hydrogens is 288 g/mol. The van der Waals surface area contributed by atoms with Crippen molar-refractivity contribution >= 4 is 18.0 Å². The lowest BCUT2D eigenvalue weighted by atomic mass is 10.2. The summed E-state index contributed by atoms with van der Waals surface area (Å²) in [7, 11) is 0. The Balaban J connectivity index is -0.000000242. The summed E-state index contributed by atoms with van der Waals surface area (Å²) in [5.74, 6) is -1.01. The molecule has 0 aromatic carbocycles. The molecule has 126 valence electrons. The van der Waals surface area contributed by atoms with Gasteiger partial charge in [0.15, 0.2) is 0 Å². The number of carbonyl (C=O) groups excluding carboxylic acids is 3. The van der Waals surface area contributed by atoms with E-state index in [2.05, 4.69) is 9.47 Å². The van der Waals surface area contributed by atoms with E-state index in [1.54, 1.807) is 27.7 Å². The van der Waals surface area contributed by atoms with Crippen LogP contribution in [0, 0.1) is 0 Å². The topological polar surface area (TPSA) is 154 Å². The summed E-state index contributed by atoms with van der Waals surface area (Å²) in [4.78, 5) is 29.6. The van der Waals surface area contributed by atoms with Crippen molar-refractivity contribution in [2.45, 2.75) is 40.2 Å². The van der Waals surface area contributed by atoms with Crippen molar-refractivity contribution in [1.29, 1.82) is 0 Å². The lowest BCUT2D eigenvalue weighted by Gasteiger charge is -2.17. The first-order valence-electron chi connectivity index (χ1n) is 5.84. The Morgan fingerprint density at radius 3 is 1.62 bits per heavy atom. The zero-order valence-electron chi connectivity index (χ0n) is 12.8. The number of hydroxylamine groups is 2. The first-order chi connectivity index (χ1) is 9.53. The Hall–Kier alpha value is -1.91. The zero-order valence-corrected chi connectivity index (χ0v) is 12.8. The maximum atomic E-state index is 10.2. The Morgan fingerprint density at radius 1 is 1.10 bits per heavy atom. The van der Waals surface area contributed by atoms with Crippen LogP contribution in [0.4, 0.5) is 4.79 Å². The predicted molar refractivity (Wildman–Crippen MR) is 70.5 cm³/mol. The molecule has 0 bridgehead atoms. The van der Waals surface area contributed by atoms with Crippen LogP contribution in [0.5, 0.6) is 0 Å². The number of ether oxygens (including phenoxy) is 2. The highest BCUT2D eigenvalue weighted by atomic mass is 16.6. The van der Waals surface area contributed by atoms with Crippen molar-refractivity contribution in [3.63, 3.8) is 0 Å². The molecule has 0 unspecified atom stereocenters. The Bertz CT molecular complexity index is 301. The van der Waals surface area contributed by atoms with Gasteiger partial charge in [0, 0.05) is 6.92 Å². The normalized spacial score (nSPS) is 8.95. The Labute approximate surface area is 123 Å². The van der Waals surface area contributed by atoms with E-state index in [0.717, 1.165) is 0 Å². The molecule has 0 aliphatic rings. The molecule has 10 nitrogen and oxygen atoms in total. The van der Waals surface area contributed by atoms with Gasteiger partial charge in [-0.25, -0.2) is 20.5 Å². The van der Waals surface area contributed by atoms with Gasteiger partial charge in [0.1, 0.15) is 12.2 Å². The average Bonchev–Trinajstić information content (AvgIpc) is 2.38. The maximum absolute atomic E-state index is 10.2. The number of amides is 2. The van der Waals surface area contributed by atoms with Crippen LogP contribution in [0.3, 0.4) is 0 Å². The van der Waals surface area contributed by atoms with Crippen LogP contribution in [0.25, 0.3) is 0 Å². The van der Waals surface area contributed by atoms with E-state index in [9.17, 15) is 14.4 Å². The summed E-state index contributed by atoms with van der Waals surface area (Å²) in [5.41, 5.74) is 2.20. The van der Waals surface area contributed by atoms with Crippen LogP contribution in [-0.2, 0) is 19.1 Å². The van der Waals surface area contributed by atoms with Gasteiger partial charge in [0.2, 0.25) is 5.91 Å². The number of aliphatic hydroxyl groups is 1. The van der Waals surface area contributed by atoms with Crippen molar-refractivity contribution in [3.05, 3.63) is 0 Å². The van der Waals surface area contributed by atoms with Crippen LogP contribution < -0.4 is 11.0 Å². The third kappa shape index (κ3) is 32.0. The highest BCUT2D eigenvalue weighted by Crippen LogP contribution is 2.05. The largest absolute Gasteiger partial charge is 0.464 e. The van der Waals surface area contributed by atoms with Crippen LogP contribution in [0.1, 0.15) is 34.6 Å². The molecule has 0 heterocycles. The molecule has 0 aromatic heterocycles. The SMILES string of the molecule is CC(=O)NO.CC(C)(C)OC(=O)NO.CCOC(=O)CO. The highest BCUT2D eigenvalue weighted by Gasteiger charge is 2.14. The fraction of sp³-hybridized carbons (Fsp3) is 0.727. The molecule has 5 N–H and O–H groups in total. The summed E-state index contributed by atoms with van der Waals surface area (Å²) in [5, 5.41) is 23.5. The van der Waals surface area contributed by atoms with E-state index in [1.807, 2.05) is 0 Å². The van der Waals surface area contributed by atoms with Crippen molar-refractivity contribution in [2.24, 2.45) is 0 Å². The van der Waals surface area contributed by atoms with E-state index < -0.39 is 30.2 Å². The molecule has 0 aliphatic carbocycles. The Morgan fingerprint density at radius 2 is 1.52 bits per heavy atom. The van der Waals surface area contributed by atoms with Gasteiger partial charge in [-0.2, -0.15) is 0 Å². The summed E-state index contributed by atoms with van der Waals surface area (Å²) < 4.78 is 8.89. The smallest absolute Gasteiger partial charge is 0.431 e. The van der Waals surface area contributed by atoms with Gasteiger partial charge in [0.25, 0.3) is 0 Å². The summed E-state index contributed by atoms with van der Waals surface area (Å²) >= 11 is 0. The lowest BCUT2D eigenvalue weighted by molar-refractivity contribution is -0.146. The molecule has 2 amide bonds. The second kappa shape index (κ2) is 14.5. The number of rotatable bonds is 2. The summed E-state index contributed by atoms with van der Waals surface area (Å²) in [6, 6.07) is 0. The average molecular weight is 312 g/mol. The van der Waals surface area contributed by atoms with Gasteiger partial charge in [-0.1, -0.05) is 0 Å². The lowest BCUT2D eigenvalue weighted by Crippen LogP contribution is -2.30. The van der Waals surface area contributed by atoms with E-state index in [4.69, 9.17) is 15.5 Å². The number of aliphatic hydroxyl groups excluding tert-OH is 1. The third-order valence-electron chi connectivity index (χ3n) is 1.08. The van der Waals surface area contributed by atoms with Crippen molar-refractivity contribution in [2.75, 3.05) is 13.2 Å². The van der Waals surface area contributed by atoms with Gasteiger partial charge in [0.05, 0.1) is 6.61 Å². The van der Waals surface area contributed by atoms with E-state index in [0.29, 0.717) is 6.61 Å². The summed E-state index contributed by atoms with van der Waals surface area (Å²) in [6.45, 7) is 7.85. The van der Waals surface area contributed by atoms with Gasteiger partial charge >= 0.3 is 12.1 Å². The quantitative estimate of drug-likeness (QED) is 0.270. The molecule has 21 heavy (non-hydrogen) atoms. The van der Waals surface area contributed by atoms with Crippen LogP contribution in [-0.4, -0.2) is 52.3 Å². The molecule has 0 fully saturated rings. The second-order valence-electron chi connectivity index (χ2n) is 4.24. The number of esters is 1. The molecule has 0 atom stereocenters. The second-order valence-corrected chi connectivity index (χ2v) is 4.24. The number of hydrogen-bond donors (Lipinski definition) is 5.